The van der Waals surface area contributed by atoms with Gasteiger partial charge >= 0.3 is 0 Å². The number of rotatable bonds is 7. The number of hydrogen-bond donors (Lipinski definition) is 1. The minimum atomic E-state index is -0.104. The minimum Gasteiger partial charge on any atom is -0.497 e. The largest absolute Gasteiger partial charge is 0.497 e. The zero-order chi connectivity index (χ0) is 17.6. The number of carbonyl (C=O) groups excluding carboxylic acids is 1. The van der Waals surface area contributed by atoms with E-state index in [0.717, 1.165) is 0 Å². The molecular weight excluding hydrogens is 344 g/mol. The van der Waals surface area contributed by atoms with E-state index in [1.807, 2.05) is 12.1 Å². The molecule has 0 saturated heterocycles. The SMILES string of the molecule is COc1cccc(NC(=O)CCSc2nnc(-c3cc(C)on3)o2)c1. The first-order chi connectivity index (χ1) is 12.1. The highest BCUT2D eigenvalue weighted by Gasteiger charge is 2.13. The zero-order valence-electron chi connectivity index (χ0n) is 13.7. The number of ether oxygens (including phenoxy) is 1. The molecule has 0 unspecified atom stereocenters. The van der Waals surface area contributed by atoms with Gasteiger partial charge in [0.25, 0.3) is 11.1 Å². The summed E-state index contributed by atoms with van der Waals surface area (Å²) in [5.74, 6) is 2.05. The Balaban J connectivity index is 1.47. The predicted octanol–water partition coefficient (Wildman–Crippen LogP) is 3.16. The molecule has 0 fully saturated rings. The molecule has 1 aromatic carbocycles. The van der Waals surface area contributed by atoms with Gasteiger partial charge in [-0.15, -0.1) is 10.2 Å². The standard InChI is InChI=1S/C16H16N4O4S/c1-10-8-13(20-24-10)15-18-19-16(23-15)25-7-6-14(21)17-11-4-3-5-12(9-11)22-2/h3-5,8-9H,6-7H2,1-2H3,(H,17,21). The molecule has 0 bridgehead atoms. The van der Waals surface area contributed by atoms with Crippen molar-refractivity contribution in [3.63, 3.8) is 0 Å². The summed E-state index contributed by atoms with van der Waals surface area (Å²) in [6, 6.07) is 8.90. The van der Waals surface area contributed by atoms with Crippen LogP contribution in [0.25, 0.3) is 11.6 Å². The van der Waals surface area contributed by atoms with Crippen molar-refractivity contribution in [2.45, 2.75) is 18.6 Å². The van der Waals surface area contributed by atoms with Crippen LogP contribution in [0.4, 0.5) is 5.69 Å². The fraction of sp³-hybridized carbons (Fsp3) is 0.250. The summed E-state index contributed by atoms with van der Waals surface area (Å²) in [6.07, 6.45) is 0.308. The highest BCUT2D eigenvalue weighted by atomic mass is 32.2. The van der Waals surface area contributed by atoms with Crippen molar-refractivity contribution in [2.75, 3.05) is 18.2 Å². The Bertz CT molecular complexity index is 861. The molecule has 2 heterocycles. The van der Waals surface area contributed by atoms with Crippen molar-refractivity contribution in [1.29, 1.82) is 0 Å². The first kappa shape index (κ1) is 17.0. The van der Waals surface area contributed by atoms with Crippen LogP contribution in [0.5, 0.6) is 5.75 Å². The number of benzene rings is 1. The van der Waals surface area contributed by atoms with Crippen molar-refractivity contribution >= 4 is 23.4 Å². The molecule has 0 saturated carbocycles. The summed E-state index contributed by atoms with van der Waals surface area (Å²) in [5.41, 5.74) is 1.18. The molecule has 0 radical (unpaired) electrons. The second-order valence-corrected chi connectivity index (χ2v) is 6.12. The van der Waals surface area contributed by atoms with Crippen molar-refractivity contribution in [3.05, 3.63) is 36.1 Å². The van der Waals surface area contributed by atoms with Gasteiger partial charge in [-0.05, 0) is 19.1 Å². The Morgan fingerprint density at radius 2 is 2.20 bits per heavy atom. The van der Waals surface area contributed by atoms with Crippen LogP contribution in [0.15, 0.2) is 44.5 Å². The van der Waals surface area contributed by atoms with Gasteiger partial charge in [0, 0.05) is 30.0 Å². The van der Waals surface area contributed by atoms with Crippen LogP contribution in [0.2, 0.25) is 0 Å². The van der Waals surface area contributed by atoms with E-state index in [-0.39, 0.29) is 5.91 Å². The lowest BCUT2D eigenvalue weighted by Crippen LogP contribution is -2.12. The third-order valence-electron chi connectivity index (χ3n) is 3.16. The molecule has 3 rings (SSSR count). The fourth-order valence-electron chi connectivity index (χ4n) is 1.99. The molecule has 0 aliphatic heterocycles. The van der Waals surface area contributed by atoms with Crippen LogP contribution >= 0.6 is 11.8 Å². The van der Waals surface area contributed by atoms with Crippen LogP contribution in [0, 0.1) is 6.92 Å². The molecule has 0 atom stereocenters. The van der Waals surface area contributed by atoms with Crippen molar-refractivity contribution in [1.82, 2.24) is 15.4 Å². The number of nitrogens with one attached hydrogen (secondary N) is 1. The third kappa shape index (κ3) is 4.60. The molecular formula is C16H16N4O4S. The van der Waals surface area contributed by atoms with Gasteiger partial charge < -0.3 is 19.0 Å². The van der Waals surface area contributed by atoms with Gasteiger partial charge in [0.05, 0.1) is 7.11 Å². The highest BCUT2D eigenvalue weighted by molar-refractivity contribution is 7.99. The quantitative estimate of drug-likeness (QED) is 0.641. The first-order valence-corrected chi connectivity index (χ1v) is 8.46. The number of amides is 1. The molecule has 3 aromatic rings. The van der Waals surface area contributed by atoms with Gasteiger partial charge in [0.1, 0.15) is 11.5 Å². The lowest BCUT2D eigenvalue weighted by molar-refractivity contribution is -0.115. The second-order valence-electron chi connectivity index (χ2n) is 5.07. The summed E-state index contributed by atoms with van der Waals surface area (Å²) in [6.45, 7) is 1.78. The average Bonchev–Trinajstić information content (AvgIpc) is 3.24. The second kappa shape index (κ2) is 7.84. The minimum absolute atomic E-state index is 0.104. The van der Waals surface area contributed by atoms with E-state index >= 15 is 0 Å². The van der Waals surface area contributed by atoms with E-state index in [2.05, 4.69) is 20.7 Å². The average molecular weight is 360 g/mol. The number of hydrogen-bond acceptors (Lipinski definition) is 8. The summed E-state index contributed by atoms with van der Waals surface area (Å²) in [4.78, 5) is 12.0. The maximum atomic E-state index is 12.0. The lowest BCUT2D eigenvalue weighted by atomic mass is 10.3. The molecule has 9 heteroatoms. The molecule has 0 aliphatic rings. The molecule has 2 aromatic heterocycles. The van der Waals surface area contributed by atoms with Crippen molar-refractivity contribution in [2.24, 2.45) is 0 Å². The van der Waals surface area contributed by atoms with Crippen LogP contribution in [-0.2, 0) is 4.79 Å². The summed E-state index contributed by atoms with van der Waals surface area (Å²) in [5, 5.41) is 14.8. The van der Waals surface area contributed by atoms with E-state index < -0.39 is 0 Å². The monoisotopic (exact) mass is 360 g/mol. The Labute approximate surface area is 147 Å². The van der Waals surface area contributed by atoms with Gasteiger partial charge in [0.2, 0.25) is 5.91 Å². The number of methoxy groups -OCH3 is 1. The molecule has 0 spiro atoms. The van der Waals surface area contributed by atoms with Gasteiger partial charge in [-0.25, -0.2) is 0 Å². The number of nitrogens with zero attached hydrogens (tertiary/aromatic N) is 3. The fourth-order valence-corrected chi connectivity index (χ4v) is 2.69. The number of thioether (sulfide) groups is 1. The van der Waals surface area contributed by atoms with Gasteiger partial charge in [-0.1, -0.05) is 23.0 Å². The Hall–Kier alpha value is -2.81. The molecule has 0 aliphatic carbocycles. The van der Waals surface area contributed by atoms with E-state index in [1.165, 1.54) is 11.8 Å². The number of carbonyl (C=O) groups is 1. The van der Waals surface area contributed by atoms with Crippen molar-refractivity contribution < 1.29 is 18.5 Å². The van der Waals surface area contributed by atoms with Gasteiger partial charge in [-0.2, -0.15) is 0 Å². The van der Waals surface area contributed by atoms with E-state index in [9.17, 15) is 4.79 Å². The molecule has 130 valence electrons. The lowest BCUT2D eigenvalue weighted by Gasteiger charge is -2.06. The number of anilines is 1. The van der Waals surface area contributed by atoms with Crippen LogP contribution in [-0.4, -0.2) is 34.1 Å². The normalized spacial score (nSPS) is 10.6. The summed E-state index contributed by atoms with van der Waals surface area (Å²) in [7, 11) is 1.58. The first-order valence-electron chi connectivity index (χ1n) is 7.48. The summed E-state index contributed by atoms with van der Waals surface area (Å²) >= 11 is 1.31. The van der Waals surface area contributed by atoms with E-state index in [1.54, 1.807) is 32.2 Å². The number of aryl methyl sites for hydroxylation is 1. The van der Waals surface area contributed by atoms with Crippen LogP contribution in [0.1, 0.15) is 12.2 Å². The molecule has 25 heavy (non-hydrogen) atoms. The molecule has 1 N–H and O–H groups in total. The Morgan fingerprint density at radius 1 is 1.32 bits per heavy atom. The smallest absolute Gasteiger partial charge is 0.276 e. The predicted molar refractivity (Wildman–Crippen MR) is 91.5 cm³/mol. The maximum absolute atomic E-state index is 12.0. The van der Waals surface area contributed by atoms with Gasteiger partial charge in [-0.3, -0.25) is 4.79 Å². The van der Waals surface area contributed by atoms with Crippen LogP contribution in [0.3, 0.4) is 0 Å². The van der Waals surface area contributed by atoms with E-state index in [0.29, 0.717) is 46.2 Å². The van der Waals surface area contributed by atoms with Gasteiger partial charge in [0.15, 0.2) is 5.69 Å². The molecule has 8 nitrogen and oxygen atoms in total. The third-order valence-corrected chi connectivity index (χ3v) is 3.98. The van der Waals surface area contributed by atoms with Crippen molar-refractivity contribution in [3.8, 4) is 17.3 Å². The molecule has 1 amide bonds. The van der Waals surface area contributed by atoms with Crippen LogP contribution < -0.4 is 10.1 Å². The number of aromatic nitrogens is 3. The maximum Gasteiger partial charge on any atom is 0.276 e. The Kier molecular flexibility index (Phi) is 5.34. The zero-order valence-corrected chi connectivity index (χ0v) is 14.5. The van der Waals surface area contributed by atoms with E-state index in [4.69, 9.17) is 13.7 Å². The summed E-state index contributed by atoms with van der Waals surface area (Å²) < 4.78 is 15.6. The topological polar surface area (TPSA) is 103 Å². The Morgan fingerprint density at radius 3 is 2.96 bits per heavy atom. The highest BCUT2D eigenvalue weighted by Crippen LogP contribution is 2.23.